The highest BCUT2D eigenvalue weighted by Gasteiger charge is 2.17. The van der Waals surface area contributed by atoms with Gasteiger partial charge in [0.25, 0.3) is 5.91 Å². The van der Waals surface area contributed by atoms with Crippen molar-refractivity contribution in [2.45, 2.75) is 6.04 Å². The number of benzene rings is 3. The van der Waals surface area contributed by atoms with Crippen molar-refractivity contribution in [3.63, 3.8) is 0 Å². The van der Waals surface area contributed by atoms with Crippen LogP contribution >= 0.6 is 15.9 Å². The Morgan fingerprint density at radius 2 is 1.20 bits per heavy atom. The van der Waals surface area contributed by atoms with Crippen LogP contribution < -0.4 is 5.32 Å². The molecule has 2 nitrogen and oxygen atoms in total. The first kappa shape index (κ1) is 17.2. The van der Waals surface area contributed by atoms with Crippen LogP contribution in [0.1, 0.15) is 22.7 Å². The van der Waals surface area contributed by atoms with Gasteiger partial charge in [-0.1, -0.05) is 91.0 Å². The first-order chi connectivity index (χ1) is 12.2. The molecule has 0 aliphatic carbocycles. The van der Waals surface area contributed by atoms with Gasteiger partial charge < -0.3 is 5.32 Å². The normalized spacial score (nSPS) is 11.4. The maximum atomic E-state index is 12.7. The monoisotopic (exact) mass is 391 g/mol. The van der Waals surface area contributed by atoms with E-state index in [1.165, 1.54) is 0 Å². The molecule has 0 saturated carbocycles. The van der Waals surface area contributed by atoms with E-state index in [1.807, 2.05) is 97.1 Å². The average molecular weight is 392 g/mol. The molecule has 0 heterocycles. The number of hydrogen-bond acceptors (Lipinski definition) is 1. The summed E-state index contributed by atoms with van der Waals surface area (Å²) in [6, 6.07) is 29.5. The fraction of sp³-hybridized carbons (Fsp3) is 0.0455. The zero-order chi connectivity index (χ0) is 17.5. The van der Waals surface area contributed by atoms with E-state index in [-0.39, 0.29) is 11.9 Å². The summed E-state index contributed by atoms with van der Waals surface area (Å²) >= 11 is 3.40. The molecule has 0 aliphatic rings. The largest absolute Gasteiger partial charge is 0.341 e. The van der Waals surface area contributed by atoms with Gasteiger partial charge in [-0.3, -0.25) is 4.79 Å². The zero-order valence-corrected chi connectivity index (χ0v) is 15.2. The van der Waals surface area contributed by atoms with E-state index in [1.54, 1.807) is 0 Å². The number of hydrogen-bond donors (Lipinski definition) is 1. The van der Waals surface area contributed by atoms with E-state index in [2.05, 4.69) is 21.2 Å². The topological polar surface area (TPSA) is 29.1 Å². The van der Waals surface area contributed by atoms with Crippen molar-refractivity contribution in [1.82, 2.24) is 5.32 Å². The number of rotatable bonds is 5. The van der Waals surface area contributed by atoms with Gasteiger partial charge in [-0.25, -0.2) is 0 Å². The Morgan fingerprint density at radius 1 is 0.760 bits per heavy atom. The van der Waals surface area contributed by atoms with Crippen molar-refractivity contribution in [2.75, 3.05) is 0 Å². The minimum absolute atomic E-state index is 0.151. The van der Waals surface area contributed by atoms with Gasteiger partial charge in [0.15, 0.2) is 0 Å². The molecule has 3 aromatic carbocycles. The summed E-state index contributed by atoms with van der Waals surface area (Å²) in [7, 11) is 0. The first-order valence-electron chi connectivity index (χ1n) is 8.07. The van der Waals surface area contributed by atoms with Crippen LogP contribution in [0.15, 0.2) is 95.5 Å². The second-order valence-electron chi connectivity index (χ2n) is 5.63. The molecule has 0 saturated heterocycles. The van der Waals surface area contributed by atoms with Crippen LogP contribution in [0, 0.1) is 0 Å². The van der Waals surface area contributed by atoms with Crippen LogP contribution in [0.4, 0.5) is 0 Å². The van der Waals surface area contributed by atoms with Crippen LogP contribution in [0.3, 0.4) is 0 Å². The molecule has 0 radical (unpaired) electrons. The lowest BCUT2D eigenvalue weighted by molar-refractivity contribution is -0.117. The molecule has 0 spiro atoms. The van der Waals surface area contributed by atoms with Crippen molar-refractivity contribution in [1.29, 1.82) is 0 Å². The molecule has 0 fully saturated rings. The fourth-order valence-electron chi connectivity index (χ4n) is 2.61. The molecule has 0 bridgehead atoms. The van der Waals surface area contributed by atoms with Crippen LogP contribution in [0.25, 0.3) is 6.08 Å². The summed E-state index contributed by atoms with van der Waals surface area (Å²) in [5.41, 5.74) is 3.06. The van der Waals surface area contributed by atoms with Crippen LogP contribution in [0.5, 0.6) is 0 Å². The standard InChI is InChI=1S/C22H18BrNO/c23-20(16-17-10-4-1-5-11-17)22(25)24-21(18-12-6-2-7-13-18)19-14-8-3-9-15-19/h1-16,21H,(H,24,25). The third kappa shape index (κ3) is 4.68. The Hall–Kier alpha value is -2.65. The van der Waals surface area contributed by atoms with E-state index in [4.69, 9.17) is 0 Å². The van der Waals surface area contributed by atoms with Gasteiger partial charge in [0.1, 0.15) is 0 Å². The maximum Gasteiger partial charge on any atom is 0.259 e. The SMILES string of the molecule is O=C(NC(c1ccccc1)c1ccccc1)C(Br)=Cc1ccccc1. The van der Waals surface area contributed by atoms with Crippen molar-refractivity contribution in [3.8, 4) is 0 Å². The molecule has 3 heteroatoms. The van der Waals surface area contributed by atoms with Crippen LogP contribution in [-0.2, 0) is 4.79 Å². The van der Waals surface area contributed by atoms with Crippen molar-refractivity contribution >= 4 is 27.9 Å². The van der Waals surface area contributed by atoms with E-state index in [0.29, 0.717) is 4.48 Å². The Bertz CT molecular complexity index is 805. The average Bonchev–Trinajstić information content (AvgIpc) is 2.68. The molecule has 0 aliphatic heterocycles. The molecule has 25 heavy (non-hydrogen) atoms. The van der Waals surface area contributed by atoms with Gasteiger partial charge >= 0.3 is 0 Å². The van der Waals surface area contributed by atoms with Crippen LogP contribution in [-0.4, -0.2) is 5.91 Å². The number of carbonyl (C=O) groups is 1. The highest BCUT2D eigenvalue weighted by atomic mass is 79.9. The molecular weight excluding hydrogens is 374 g/mol. The third-order valence-corrected chi connectivity index (χ3v) is 4.44. The summed E-state index contributed by atoms with van der Waals surface area (Å²) in [5.74, 6) is -0.151. The van der Waals surface area contributed by atoms with Crippen molar-refractivity contribution in [2.24, 2.45) is 0 Å². The first-order valence-corrected chi connectivity index (χ1v) is 8.86. The number of carbonyl (C=O) groups excluding carboxylic acids is 1. The summed E-state index contributed by atoms with van der Waals surface area (Å²) in [6.07, 6.45) is 1.82. The fourth-order valence-corrected chi connectivity index (χ4v) is 2.99. The molecule has 0 aromatic heterocycles. The Morgan fingerprint density at radius 3 is 1.68 bits per heavy atom. The summed E-state index contributed by atoms with van der Waals surface area (Å²) in [6.45, 7) is 0. The molecule has 0 unspecified atom stereocenters. The van der Waals surface area contributed by atoms with Gasteiger partial charge in [0.2, 0.25) is 0 Å². The highest BCUT2D eigenvalue weighted by Crippen LogP contribution is 2.23. The van der Waals surface area contributed by atoms with E-state index in [0.717, 1.165) is 16.7 Å². The van der Waals surface area contributed by atoms with Gasteiger partial charge in [-0.05, 0) is 38.7 Å². The second kappa shape index (κ2) is 8.45. The zero-order valence-electron chi connectivity index (χ0n) is 13.6. The van der Waals surface area contributed by atoms with Gasteiger partial charge in [-0.15, -0.1) is 0 Å². The Kier molecular flexibility index (Phi) is 5.81. The molecule has 124 valence electrons. The quantitative estimate of drug-likeness (QED) is 0.585. The smallest absolute Gasteiger partial charge is 0.259 e. The molecule has 1 N–H and O–H groups in total. The number of nitrogens with one attached hydrogen (secondary N) is 1. The minimum atomic E-state index is -0.202. The summed E-state index contributed by atoms with van der Waals surface area (Å²) in [4.78, 5) is 12.7. The molecule has 3 aromatic rings. The molecule has 3 rings (SSSR count). The Balaban J connectivity index is 1.85. The summed E-state index contributed by atoms with van der Waals surface area (Å²) in [5, 5.41) is 3.12. The van der Waals surface area contributed by atoms with Gasteiger partial charge in [0, 0.05) is 0 Å². The predicted molar refractivity (Wildman–Crippen MR) is 106 cm³/mol. The highest BCUT2D eigenvalue weighted by molar-refractivity contribution is 9.12. The third-order valence-electron chi connectivity index (χ3n) is 3.85. The molecular formula is C22H18BrNO. The minimum Gasteiger partial charge on any atom is -0.341 e. The van der Waals surface area contributed by atoms with Gasteiger partial charge in [0.05, 0.1) is 10.5 Å². The van der Waals surface area contributed by atoms with Crippen molar-refractivity contribution in [3.05, 3.63) is 112 Å². The second-order valence-corrected chi connectivity index (χ2v) is 6.49. The van der Waals surface area contributed by atoms with Crippen molar-refractivity contribution < 1.29 is 4.79 Å². The van der Waals surface area contributed by atoms with E-state index < -0.39 is 0 Å². The number of amides is 1. The molecule has 1 amide bonds. The molecule has 0 atom stereocenters. The van der Waals surface area contributed by atoms with E-state index >= 15 is 0 Å². The lowest BCUT2D eigenvalue weighted by Crippen LogP contribution is -2.29. The lowest BCUT2D eigenvalue weighted by Gasteiger charge is -2.19. The van der Waals surface area contributed by atoms with E-state index in [9.17, 15) is 4.79 Å². The van der Waals surface area contributed by atoms with Crippen LogP contribution in [0.2, 0.25) is 0 Å². The summed E-state index contributed by atoms with van der Waals surface area (Å²) < 4.78 is 0.496. The maximum absolute atomic E-state index is 12.7. The Labute approximate surface area is 156 Å². The predicted octanol–water partition coefficient (Wildman–Crippen LogP) is 5.33. The van der Waals surface area contributed by atoms with Gasteiger partial charge in [-0.2, -0.15) is 0 Å². The lowest BCUT2D eigenvalue weighted by atomic mass is 9.98. The number of halogens is 1.